The number of nitrogens with one attached hydrogen (secondary N) is 4. The van der Waals surface area contributed by atoms with E-state index in [9.17, 15) is 19.2 Å². The van der Waals surface area contributed by atoms with Crippen molar-refractivity contribution < 1.29 is 19.2 Å². The Hall–Kier alpha value is -4.65. The Bertz CT molecular complexity index is 1400. The van der Waals surface area contributed by atoms with Crippen molar-refractivity contribution in [1.29, 1.82) is 0 Å². The van der Waals surface area contributed by atoms with Gasteiger partial charge in [-0.3, -0.25) is 24.1 Å². The van der Waals surface area contributed by atoms with E-state index in [1.54, 1.807) is 6.07 Å². The lowest BCUT2D eigenvalue weighted by Gasteiger charge is -2.31. The van der Waals surface area contributed by atoms with E-state index in [0.717, 1.165) is 11.1 Å². The van der Waals surface area contributed by atoms with Crippen molar-refractivity contribution in [3.63, 3.8) is 0 Å². The first-order chi connectivity index (χ1) is 21.3. The summed E-state index contributed by atoms with van der Waals surface area (Å²) in [6, 6.07) is 14.0. The number of nitrogens with two attached hydrogens (primary N) is 1. The van der Waals surface area contributed by atoms with Crippen LogP contribution in [-0.4, -0.2) is 68.9 Å². The minimum absolute atomic E-state index is 0.0418. The third-order valence-electron chi connectivity index (χ3n) is 7.91. The SMILES string of the molecule is CCC(C)C(NC(=O)Cc1ccccc1)C(=O)NC(CCCCN)C(=O)N1c2ccccc2C[C@H]1C(=O)NCc1nn[nH]n1. The number of anilines is 1. The molecule has 4 rings (SSSR count). The maximum atomic E-state index is 14.3. The fourth-order valence-electron chi connectivity index (χ4n) is 5.30. The van der Waals surface area contributed by atoms with Crippen LogP contribution in [0, 0.1) is 5.92 Å². The number of unbranched alkanes of at least 4 members (excludes halogenated alkanes) is 1. The average Bonchev–Trinajstić information content (AvgIpc) is 3.70. The monoisotopic (exact) mass is 603 g/mol. The second-order valence-corrected chi connectivity index (χ2v) is 11.0. The number of hydrogen-bond donors (Lipinski definition) is 5. The van der Waals surface area contributed by atoms with Gasteiger partial charge in [0.25, 0.3) is 0 Å². The van der Waals surface area contributed by atoms with Gasteiger partial charge in [0.2, 0.25) is 23.6 Å². The van der Waals surface area contributed by atoms with Crippen LogP contribution < -0.4 is 26.6 Å². The van der Waals surface area contributed by atoms with Gasteiger partial charge in [-0.2, -0.15) is 5.21 Å². The Morgan fingerprint density at radius 1 is 1.05 bits per heavy atom. The quantitative estimate of drug-likeness (QED) is 0.160. The predicted octanol–water partition coefficient (Wildman–Crippen LogP) is 1.16. The van der Waals surface area contributed by atoms with Gasteiger partial charge >= 0.3 is 0 Å². The van der Waals surface area contributed by atoms with Crippen molar-refractivity contribution in [3.05, 3.63) is 71.5 Å². The maximum absolute atomic E-state index is 14.3. The number of nitrogens with zero attached hydrogens (tertiary/aromatic N) is 4. The summed E-state index contributed by atoms with van der Waals surface area (Å²) in [6.07, 6.45) is 2.65. The van der Waals surface area contributed by atoms with Crippen molar-refractivity contribution >= 4 is 29.3 Å². The van der Waals surface area contributed by atoms with Gasteiger partial charge in [0.1, 0.15) is 18.1 Å². The van der Waals surface area contributed by atoms with E-state index < -0.39 is 29.9 Å². The van der Waals surface area contributed by atoms with Crippen LogP contribution in [0.15, 0.2) is 54.6 Å². The second kappa shape index (κ2) is 15.7. The van der Waals surface area contributed by atoms with Crippen LogP contribution in [0.25, 0.3) is 0 Å². The largest absolute Gasteiger partial charge is 0.347 e. The number of para-hydroxylation sites is 1. The predicted molar refractivity (Wildman–Crippen MR) is 164 cm³/mol. The second-order valence-electron chi connectivity index (χ2n) is 11.0. The van der Waals surface area contributed by atoms with Crippen molar-refractivity contribution in [2.45, 2.75) is 77.0 Å². The summed E-state index contributed by atoms with van der Waals surface area (Å²) in [5.41, 5.74) is 8.03. The van der Waals surface area contributed by atoms with Crippen molar-refractivity contribution in [1.82, 2.24) is 36.6 Å². The molecule has 0 spiro atoms. The first-order valence-corrected chi connectivity index (χ1v) is 15.1. The van der Waals surface area contributed by atoms with Gasteiger partial charge in [-0.05, 0) is 48.9 Å². The standard InChI is InChI=1S/C31H41N9O4/c1-3-20(2)28(35-27(41)17-21-11-5-4-6-12-21)30(43)34-23(14-9-10-16-32)31(44)40-24-15-8-7-13-22(24)18-25(40)29(42)33-19-26-36-38-39-37-26/h4-8,11-13,15,20,23,25,28H,3,9-10,14,16-19,32H2,1-2H3,(H,33,42)(H,34,43)(H,35,41)(H,36,37,38,39)/t20?,23?,25-,28?/m0/s1. The molecule has 44 heavy (non-hydrogen) atoms. The molecule has 1 aliphatic rings. The molecule has 2 heterocycles. The molecule has 4 amide bonds. The maximum Gasteiger partial charge on any atom is 0.250 e. The summed E-state index contributed by atoms with van der Waals surface area (Å²) in [5, 5.41) is 22.2. The molecule has 3 aromatic rings. The molecule has 3 unspecified atom stereocenters. The zero-order valence-corrected chi connectivity index (χ0v) is 25.2. The number of aromatic amines is 1. The number of carbonyl (C=O) groups is 4. The van der Waals surface area contributed by atoms with E-state index in [4.69, 9.17) is 5.73 Å². The Morgan fingerprint density at radius 2 is 1.80 bits per heavy atom. The van der Waals surface area contributed by atoms with Crippen LogP contribution >= 0.6 is 0 Å². The lowest BCUT2D eigenvalue weighted by Crippen LogP contribution is -2.58. The van der Waals surface area contributed by atoms with E-state index in [0.29, 0.717) is 50.2 Å². The number of tetrazole rings is 1. The van der Waals surface area contributed by atoms with Gasteiger partial charge in [0.15, 0.2) is 5.82 Å². The van der Waals surface area contributed by atoms with E-state index >= 15 is 0 Å². The number of aromatic nitrogens is 4. The number of carbonyl (C=O) groups excluding carboxylic acids is 4. The first kappa shape index (κ1) is 32.3. The van der Waals surface area contributed by atoms with Gasteiger partial charge in [0.05, 0.1) is 13.0 Å². The van der Waals surface area contributed by atoms with Gasteiger partial charge in [-0.1, -0.05) is 74.0 Å². The van der Waals surface area contributed by atoms with E-state index in [2.05, 4.69) is 36.6 Å². The van der Waals surface area contributed by atoms with Crippen molar-refractivity contribution in [3.8, 4) is 0 Å². The lowest BCUT2D eigenvalue weighted by molar-refractivity contribution is -0.133. The first-order valence-electron chi connectivity index (χ1n) is 15.1. The van der Waals surface area contributed by atoms with Crippen LogP contribution in [0.3, 0.4) is 0 Å². The van der Waals surface area contributed by atoms with Crippen LogP contribution in [0.2, 0.25) is 0 Å². The highest BCUT2D eigenvalue weighted by Gasteiger charge is 2.41. The molecule has 13 nitrogen and oxygen atoms in total. The number of H-pyrrole nitrogens is 1. The van der Waals surface area contributed by atoms with Crippen LogP contribution in [-0.2, 0) is 38.6 Å². The third kappa shape index (κ3) is 8.25. The average molecular weight is 604 g/mol. The molecule has 13 heteroatoms. The molecule has 4 atom stereocenters. The normalized spacial score (nSPS) is 16.0. The summed E-state index contributed by atoms with van der Waals surface area (Å²) in [5.74, 6) is -1.39. The van der Waals surface area contributed by atoms with Gasteiger partial charge in [0, 0.05) is 12.1 Å². The van der Waals surface area contributed by atoms with Crippen molar-refractivity contribution in [2.75, 3.05) is 11.4 Å². The molecule has 2 aromatic carbocycles. The number of amides is 4. The fourth-order valence-corrected chi connectivity index (χ4v) is 5.30. The summed E-state index contributed by atoms with van der Waals surface area (Å²) < 4.78 is 0. The Labute approximate surface area is 256 Å². The van der Waals surface area contributed by atoms with Crippen molar-refractivity contribution in [2.24, 2.45) is 11.7 Å². The number of fused-ring (bicyclic) bond motifs is 1. The zero-order valence-electron chi connectivity index (χ0n) is 25.2. The Balaban J connectivity index is 1.54. The number of hydrogen-bond acceptors (Lipinski definition) is 8. The van der Waals surface area contributed by atoms with E-state index in [1.165, 1.54) is 4.90 Å². The zero-order chi connectivity index (χ0) is 31.5. The third-order valence-corrected chi connectivity index (χ3v) is 7.91. The fraction of sp³-hybridized carbons (Fsp3) is 0.452. The van der Waals surface area contributed by atoms with E-state index in [-0.39, 0.29) is 30.7 Å². The highest BCUT2D eigenvalue weighted by Crippen LogP contribution is 2.33. The molecule has 6 N–H and O–H groups in total. The summed E-state index contributed by atoms with van der Waals surface area (Å²) >= 11 is 0. The van der Waals surface area contributed by atoms with E-state index in [1.807, 2.05) is 62.4 Å². The molecule has 234 valence electrons. The van der Waals surface area contributed by atoms with Crippen LogP contribution in [0.1, 0.15) is 56.5 Å². The van der Waals surface area contributed by atoms with Gasteiger partial charge in [-0.15, -0.1) is 10.2 Å². The molecule has 0 fully saturated rings. The topological polar surface area (TPSA) is 188 Å². The Kier molecular flexibility index (Phi) is 11.5. The molecule has 0 saturated heterocycles. The van der Waals surface area contributed by atoms with Crippen LogP contribution in [0.4, 0.5) is 5.69 Å². The molecule has 0 radical (unpaired) electrons. The molecule has 1 aromatic heterocycles. The number of rotatable bonds is 15. The molecular weight excluding hydrogens is 562 g/mol. The van der Waals surface area contributed by atoms with Crippen LogP contribution in [0.5, 0.6) is 0 Å². The van der Waals surface area contributed by atoms with Gasteiger partial charge < -0.3 is 21.7 Å². The lowest BCUT2D eigenvalue weighted by atomic mass is 9.97. The smallest absolute Gasteiger partial charge is 0.250 e. The van der Waals surface area contributed by atoms with Gasteiger partial charge in [-0.25, -0.2) is 0 Å². The summed E-state index contributed by atoms with van der Waals surface area (Å²) in [4.78, 5) is 55.9. The molecule has 1 aliphatic heterocycles. The highest BCUT2D eigenvalue weighted by molar-refractivity contribution is 6.07. The Morgan fingerprint density at radius 3 is 2.50 bits per heavy atom. The number of benzene rings is 2. The summed E-state index contributed by atoms with van der Waals surface area (Å²) in [7, 11) is 0. The minimum Gasteiger partial charge on any atom is -0.347 e. The molecular formula is C31H41N9O4. The molecule has 0 bridgehead atoms. The molecule has 0 aliphatic carbocycles. The highest BCUT2D eigenvalue weighted by atomic mass is 16.2. The summed E-state index contributed by atoms with van der Waals surface area (Å²) in [6.45, 7) is 4.31. The molecule has 0 saturated carbocycles. The minimum atomic E-state index is -0.940.